The Balaban J connectivity index is 1.48. The molecule has 2 aromatic carbocycles. The molecule has 1 saturated heterocycles. The first kappa shape index (κ1) is 20.0. The Morgan fingerprint density at radius 3 is 2.25 bits per heavy atom. The van der Waals surface area contributed by atoms with Gasteiger partial charge in [0.15, 0.2) is 6.61 Å². The van der Waals surface area contributed by atoms with E-state index in [0.29, 0.717) is 36.8 Å². The highest BCUT2D eigenvalue weighted by Gasteiger charge is 2.23. The number of carbonyl (C=O) groups excluding carboxylic acids is 2. The number of esters is 1. The van der Waals surface area contributed by atoms with Gasteiger partial charge < -0.3 is 19.4 Å². The lowest BCUT2D eigenvalue weighted by Crippen LogP contribution is -2.50. The van der Waals surface area contributed by atoms with Crippen LogP contribution in [0, 0.1) is 0 Å². The summed E-state index contributed by atoms with van der Waals surface area (Å²) in [6.07, 6.45) is 0. The van der Waals surface area contributed by atoms with E-state index in [4.69, 9.17) is 16.3 Å². The van der Waals surface area contributed by atoms with Gasteiger partial charge in [-0.25, -0.2) is 4.79 Å². The number of benzene rings is 2. The van der Waals surface area contributed by atoms with Crippen LogP contribution in [0.1, 0.15) is 10.4 Å². The maximum absolute atomic E-state index is 12.4. The third-order valence-corrected chi connectivity index (χ3v) is 5.09. The molecule has 7 heteroatoms. The van der Waals surface area contributed by atoms with Crippen molar-refractivity contribution in [3.63, 3.8) is 0 Å². The van der Waals surface area contributed by atoms with Crippen LogP contribution < -0.4 is 9.80 Å². The van der Waals surface area contributed by atoms with Crippen molar-refractivity contribution in [3.8, 4) is 0 Å². The van der Waals surface area contributed by atoms with Crippen molar-refractivity contribution in [2.45, 2.75) is 0 Å². The summed E-state index contributed by atoms with van der Waals surface area (Å²) in [6.45, 7) is 2.27. The number of para-hydroxylation sites is 1. The molecule has 0 saturated carbocycles. The molecule has 6 nitrogen and oxygen atoms in total. The summed E-state index contributed by atoms with van der Waals surface area (Å²) in [7, 11) is 3.86. The number of hydrogen-bond acceptors (Lipinski definition) is 5. The normalized spacial score (nSPS) is 14.0. The first-order valence-electron chi connectivity index (χ1n) is 9.17. The van der Waals surface area contributed by atoms with Gasteiger partial charge in [-0.05, 0) is 36.4 Å². The Morgan fingerprint density at radius 1 is 1.00 bits per heavy atom. The van der Waals surface area contributed by atoms with Crippen LogP contribution in [0.2, 0.25) is 5.02 Å². The quantitative estimate of drug-likeness (QED) is 0.721. The van der Waals surface area contributed by atoms with E-state index in [1.807, 2.05) is 55.4 Å². The van der Waals surface area contributed by atoms with Gasteiger partial charge in [0.05, 0.1) is 16.3 Å². The van der Waals surface area contributed by atoms with E-state index in [-0.39, 0.29) is 12.5 Å². The number of amides is 1. The largest absolute Gasteiger partial charge is 0.452 e. The van der Waals surface area contributed by atoms with Crippen molar-refractivity contribution < 1.29 is 14.3 Å². The maximum Gasteiger partial charge on any atom is 0.338 e. The fourth-order valence-electron chi connectivity index (χ4n) is 3.10. The number of nitrogens with zero attached hydrogens (tertiary/aromatic N) is 3. The lowest BCUT2D eigenvalue weighted by molar-refractivity contribution is -0.134. The van der Waals surface area contributed by atoms with E-state index in [0.717, 1.165) is 11.4 Å². The number of hydrogen-bond donors (Lipinski definition) is 0. The predicted molar refractivity (Wildman–Crippen MR) is 111 cm³/mol. The standard InChI is InChI=1S/C21H24ClN3O3/c1-23(2)17-9-7-16(8-10-17)21(27)28-15-20(26)25-13-11-24(12-14-25)19-6-4-3-5-18(19)22/h3-10H,11-15H2,1-2H3. The van der Waals surface area contributed by atoms with Gasteiger partial charge in [-0.3, -0.25) is 4.79 Å². The van der Waals surface area contributed by atoms with Gasteiger partial charge in [0, 0.05) is 46.0 Å². The SMILES string of the molecule is CN(C)c1ccc(C(=O)OCC(=O)N2CCN(c3ccccc3Cl)CC2)cc1. The molecule has 0 atom stereocenters. The lowest BCUT2D eigenvalue weighted by Gasteiger charge is -2.36. The first-order chi connectivity index (χ1) is 13.5. The fourth-order valence-corrected chi connectivity index (χ4v) is 3.36. The Kier molecular flexibility index (Phi) is 6.41. The summed E-state index contributed by atoms with van der Waals surface area (Å²) in [5.41, 5.74) is 2.40. The zero-order chi connectivity index (χ0) is 20.1. The molecule has 1 amide bonds. The van der Waals surface area contributed by atoms with E-state index in [1.165, 1.54) is 0 Å². The summed E-state index contributed by atoms with van der Waals surface area (Å²) >= 11 is 6.24. The highest BCUT2D eigenvalue weighted by molar-refractivity contribution is 6.33. The zero-order valence-corrected chi connectivity index (χ0v) is 16.9. The van der Waals surface area contributed by atoms with E-state index in [2.05, 4.69) is 4.90 Å². The molecule has 28 heavy (non-hydrogen) atoms. The number of anilines is 2. The van der Waals surface area contributed by atoms with Crippen LogP contribution in [-0.4, -0.2) is 63.7 Å². The van der Waals surface area contributed by atoms with Crippen LogP contribution in [0.4, 0.5) is 11.4 Å². The van der Waals surface area contributed by atoms with Crippen LogP contribution in [0.3, 0.4) is 0 Å². The van der Waals surface area contributed by atoms with Gasteiger partial charge in [0.2, 0.25) is 0 Å². The van der Waals surface area contributed by atoms with Crippen molar-refractivity contribution in [1.29, 1.82) is 0 Å². The van der Waals surface area contributed by atoms with Crippen molar-refractivity contribution in [1.82, 2.24) is 4.90 Å². The number of rotatable bonds is 5. The molecule has 0 unspecified atom stereocenters. The molecular formula is C21H24ClN3O3. The second-order valence-corrected chi connectivity index (χ2v) is 7.24. The number of carbonyl (C=O) groups is 2. The van der Waals surface area contributed by atoms with Crippen molar-refractivity contribution in [2.24, 2.45) is 0 Å². The van der Waals surface area contributed by atoms with Crippen LogP contribution in [0.15, 0.2) is 48.5 Å². The minimum Gasteiger partial charge on any atom is -0.452 e. The molecule has 1 fully saturated rings. The lowest BCUT2D eigenvalue weighted by atomic mass is 10.2. The van der Waals surface area contributed by atoms with Crippen molar-refractivity contribution in [2.75, 3.05) is 56.7 Å². The zero-order valence-electron chi connectivity index (χ0n) is 16.1. The second-order valence-electron chi connectivity index (χ2n) is 6.84. The third kappa shape index (κ3) is 4.75. The minimum atomic E-state index is -0.492. The fraction of sp³-hybridized carbons (Fsp3) is 0.333. The van der Waals surface area contributed by atoms with Gasteiger partial charge in [0.1, 0.15) is 0 Å². The average molecular weight is 402 g/mol. The topological polar surface area (TPSA) is 53.1 Å². The monoisotopic (exact) mass is 401 g/mol. The summed E-state index contributed by atoms with van der Waals surface area (Å²) in [5.74, 6) is -0.676. The Bertz CT molecular complexity index is 831. The molecular weight excluding hydrogens is 378 g/mol. The van der Waals surface area contributed by atoms with Gasteiger partial charge in [-0.2, -0.15) is 0 Å². The van der Waals surface area contributed by atoms with Crippen molar-refractivity contribution in [3.05, 3.63) is 59.1 Å². The summed E-state index contributed by atoms with van der Waals surface area (Å²) < 4.78 is 5.20. The Hall–Kier alpha value is -2.73. The van der Waals surface area contributed by atoms with E-state index < -0.39 is 5.97 Å². The second kappa shape index (κ2) is 8.97. The molecule has 2 aromatic rings. The molecule has 0 aliphatic carbocycles. The molecule has 1 aliphatic rings. The van der Waals surface area contributed by atoms with E-state index in [1.54, 1.807) is 17.0 Å². The third-order valence-electron chi connectivity index (χ3n) is 4.77. The molecule has 0 aromatic heterocycles. The van der Waals surface area contributed by atoms with Crippen LogP contribution >= 0.6 is 11.6 Å². The van der Waals surface area contributed by atoms with Crippen LogP contribution in [0.5, 0.6) is 0 Å². The van der Waals surface area contributed by atoms with Gasteiger partial charge in [-0.15, -0.1) is 0 Å². The molecule has 1 aliphatic heterocycles. The van der Waals surface area contributed by atoms with Gasteiger partial charge >= 0.3 is 5.97 Å². The predicted octanol–water partition coefficient (Wildman–Crippen LogP) is 2.91. The highest BCUT2D eigenvalue weighted by Crippen LogP contribution is 2.26. The van der Waals surface area contributed by atoms with Gasteiger partial charge in [-0.1, -0.05) is 23.7 Å². The molecule has 148 valence electrons. The van der Waals surface area contributed by atoms with E-state index in [9.17, 15) is 9.59 Å². The number of halogens is 1. The summed E-state index contributed by atoms with van der Waals surface area (Å²) in [4.78, 5) is 30.4. The molecule has 1 heterocycles. The molecule has 3 rings (SSSR count). The molecule has 0 N–H and O–H groups in total. The smallest absolute Gasteiger partial charge is 0.338 e. The molecule has 0 radical (unpaired) electrons. The van der Waals surface area contributed by atoms with Crippen LogP contribution in [-0.2, 0) is 9.53 Å². The maximum atomic E-state index is 12.4. The van der Waals surface area contributed by atoms with E-state index >= 15 is 0 Å². The Morgan fingerprint density at radius 2 is 1.64 bits per heavy atom. The number of ether oxygens (including phenoxy) is 1. The number of piperazine rings is 1. The summed E-state index contributed by atoms with van der Waals surface area (Å²) in [6, 6.07) is 14.8. The average Bonchev–Trinajstić information content (AvgIpc) is 2.72. The minimum absolute atomic E-state index is 0.183. The highest BCUT2D eigenvalue weighted by atomic mass is 35.5. The molecule has 0 spiro atoms. The summed E-state index contributed by atoms with van der Waals surface area (Å²) in [5, 5.41) is 0.705. The van der Waals surface area contributed by atoms with Gasteiger partial charge in [0.25, 0.3) is 5.91 Å². The van der Waals surface area contributed by atoms with Crippen LogP contribution in [0.25, 0.3) is 0 Å². The van der Waals surface area contributed by atoms with Crippen molar-refractivity contribution >= 4 is 34.9 Å². The first-order valence-corrected chi connectivity index (χ1v) is 9.55. The molecule has 0 bridgehead atoms. The Labute approximate surface area is 170 Å².